The van der Waals surface area contributed by atoms with Crippen LogP contribution in [0.25, 0.3) is 6.08 Å². The smallest absolute Gasteiger partial charge is 0.338 e. The third-order valence-corrected chi connectivity index (χ3v) is 6.79. The molecule has 2 heterocycles. The Balaban J connectivity index is 1.88. The predicted molar refractivity (Wildman–Crippen MR) is 141 cm³/mol. The fraction of sp³-hybridized carbons (Fsp3) is 0.296. The second-order valence-electron chi connectivity index (χ2n) is 8.43. The van der Waals surface area contributed by atoms with E-state index in [0.717, 1.165) is 11.1 Å². The highest BCUT2D eigenvalue weighted by molar-refractivity contribution is 7.07. The van der Waals surface area contributed by atoms with E-state index < -0.39 is 12.0 Å². The molecule has 0 saturated carbocycles. The van der Waals surface area contributed by atoms with Crippen molar-refractivity contribution in [2.24, 2.45) is 4.99 Å². The second kappa shape index (κ2) is 10.7. The minimum Gasteiger partial charge on any atom is -0.493 e. The highest BCUT2D eigenvalue weighted by Gasteiger charge is 2.33. The summed E-state index contributed by atoms with van der Waals surface area (Å²) in [7, 11) is 1.58. The number of nitrogens with zero attached hydrogens (tertiary/aromatic N) is 2. The molecule has 1 atom stereocenters. The molecule has 4 rings (SSSR count). The van der Waals surface area contributed by atoms with E-state index in [1.807, 2.05) is 32.0 Å². The SMILES string of the molecule is CCOC(=O)C1=C(C)N=c2s/c(=C\c3ccc(OC(C)C)c(OC)c3)c(=O)n2[C@@H]1c1ccc(Cl)cc1. The first kappa shape index (κ1) is 25.7. The number of hydrogen-bond donors (Lipinski definition) is 0. The number of rotatable bonds is 7. The van der Waals surface area contributed by atoms with Crippen molar-refractivity contribution in [1.29, 1.82) is 0 Å². The summed E-state index contributed by atoms with van der Waals surface area (Å²) in [6, 6.07) is 11.9. The van der Waals surface area contributed by atoms with Crippen LogP contribution in [-0.2, 0) is 9.53 Å². The third-order valence-electron chi connectivity index (χ3n) is 5.55. The van der Waals surface area contributed by atoms with Gasteiger partial charge in [0.25, 0.3) is 5.56 Å². The van der Waals surface area contributed by atoms with Crippen molar-refractivity contribution in [3.63, 3.8) is 0 Å². The van der Waals surface area contributed by atoms with Crippen molar-refractivity contribution >= 4 is 35.0 Å². The average molecular weight is 527 g/mol. The topological polar surface area (TPSA) is 79.1 Å². The molecule has 36 heavy (non-hydrogen) atoms. The summed E-state index contributed by atoms with van der Waals surface area (Å²) in [6.45, 7) is 7.60. The van der Waals surface area contributed by atoms with Crippen molar-refractivity contribution in [3.8, 4) is 11.5 Å². The molecule has 0 aliphatic carbocycles. The van der Waals surface area contributed by atoms with Crippen LogP contribution in [-0.4, -0.2) is 30.4 Å². The van der Waals surface area contributed by atoms with Gasteiger partial charge in [-0.3, -0.25) is 9.36 Å². The van der Waals surface area contributed by atoms with Crippen LogP contribution in [0.2, 0.25) is 5.02 Å². The van der Waals surface area contributed by atoms with Gasteiger partial charge in [-0.2, -0.15) is 0 Å². The van der Waals surface area contributed by atoms with Gasteiger partial charge in [0.05, 0.1) is 41.7 Å². The van der Waals surface area contributed by atoms with Gasteiger partial charge in [0.1, 0.15) is 0 Å². The maximum absolute atomic E-state index is 13.7. The molecule has 0 amide bonds. The molecule has 3 aromatic rings. The summed E-state index contributed by atoms with van der Waals surface area (Å²) in [4.78, 5) is 31.7. The highest BCUT2D eigenvalue weighted by atomic mass is 35.5. The number of fused-ring (bicyclic) bond motifs is 1. The summed E-state index contributed by atoms with van der Waals surface area (Å²) in [6.07, 6.45) is 1.78. The van der Waals surface area contributed by atoms with Gasteiger partial charge in [-0.1, -0.05) is 41.1 Å². The van der Waals surface area contributed by atoms with E-state index in [4.69, 9.17) is 25.8 Å². The molecule has 9 heteroatoms. The third kappa shape index (κ3) is 5.10. The van der Waals surface area contributed by atoms with Crippen LogP contribution < -0.4 is 24.4 Å². The number of hydrogen-bond acceptors (Lipinski definition) is 7. The molecule has 1 aromatic heterocycles. The van der Waals surface area contributed by atoms with Crippen LogP contribution in [0.3, 0.4) is 0 Å². The lowest BCUT2D eigenvalue weighted by Gasteiger charge is -2.24. The molecule has 2 aromatic carbocycles. The lowest BCUT2D eigenvalue weighted by Crippen LogP contribution is -2.39. The predicted octanol–water partition coefficient (Wildman–Crippen LogP) is 4.25. The first-order valence-electron chi connectivity index (χ1n) is 11.5. The van der Waals surface area contributed by atoms with Gasteiger partial charge in [0.15, 0.2) is 16.3 Å². The highest BCUT2D eigenvalue weighted by Crippen LogP contribution is 2.32. The largest absolute Gasteiger partial charge is 0.493 e. The molecule has 0 bridgehead atoms. The standard InChI is InChI=1S/C27H27ClN2O5S/c1-6-34-26(32)23-16(4)29-27-30(24(23)18-8-10-19(28)11-9-18)25(31)22(36-27)14-17-7-12-20(35-15(2)3)21(13-17)33-5/h7-15,24H,6H2,1-5H3/b22-14-/t24-/m1/s1. The summed E-state index contributed by atoms with van der Waals surface area (Å²) >= 11 is 7.37. The van der Waals surface area contributed by atoms with E-state index in [1.54, 1.807) is 55.9 Å². The number of esters is 1. The fourth-order valence-corrected chi connectivity index (χ4v) is 5.20. The summed E-state index contributed by atoms with van der Waals surface area (Å²) in [5, 5.41) is 0.559. The quantitative estimate of drug-likeness (QED) is 0.430. The van der Waals surface area contributed by atoms with E-state index >= 15 is 0 Å². The van der Waals surface area contributed by atoms with Gasteiger partial charge in [-0.25, -0.2) is 9.79 Å². The molecule has 0 radical (unpaired) electrons. The fourth-order valence-electron chi connectivity index (χ4n) is 4.03. The monoisotopic (exact) mass is 526 g/mol. The Morgan fingerprint density at radius 1 is 1.19 bits per heavy atom. The van der Waals surface area contributed by atoms with Crippen molar-refractivity contribution < 1.29 is 19.0 Å². The molecule has 1 aliphatic heterocycles. The number of thiazole rings is 1. The second-order valence-corrected chi connectivity index (χ2v) is 9.88. The number of aromatic nitrogens is 1. The van der Waals surface area contributed by atoms with Crippen LogP contribution in [0.4, 0.5) is 0 Å². The molecular formula is C27H27ClN2O5S. The molecule has 0 unspecified atom stereocenters. The first-order chi connectivity index (χ1) is 17.2. The van der Waals surface area contributed by atoms with Crippen molar-refractivity contribution in [2.75, 3.05) is 13.7 Å². The van der Waals surface area contributed by atoms with Crippen molar-refractivity contribution in [1.82, 2.24) is 4.57 Å². The normalized spacial score (nSPS) is 15.5. The maximum Gasteiger partial charge on any atom is 0.338 e. The van der Waals surface area contributed by atoms with Crippen molar-refractivity contribution in [2.45, 2.75) is 39.8 Å². The molecular weight excluding hydrogens is 500 g/mol. The van der Waals surface area contributed by atoms with Crippen LogP contribution in [0.1, 0.15) is 44.9 Å². The molecule has 7 nitrogen and oxygen atoms in total. The Labute approximate surface area is 217 Å². The number of ether oxygens (including phenoxy) is 3. The Morgan fingerprint density at radius 3 is 2.56 bits per heavy atom. The molecule has 1 aliphatic rings. The molecule has 0 spiro atoms. The zero-order valence-electron chi connectivity index (χ0n) is 20.7. The van der Waals surface area contributed by atoms with Gasteiger partial charge in [0, 0.05) is 5.02 Å². The number of carbonyl (C=O) groups is 1. The summed E-state index contributed by atoms with van der Waals surface area (Å²) in [5.41, 5.74) is 2.10. The minimum atomic E-state index is -0.684. The van der Waals surface area contributed by atoms with E-state index in [1.165, 1.54) is 11.3 Å². The first-order valence-corrected chi connectivity index (χ1v) is 12.7. The lowest BCUT2D eigenvalue weighted by molar-refractivity contribution is -0.139. The van der Waals surface area contributed by atoms with Crippen molar-refractivity contribution in [3.05, 3.63) is 89.6 Å². The zero-order chi connectivity index (χ0) is 26.0. The van der Waals surface area contributed by atoms with Gasteiger partial charge in [-0.05, 0) is 69.2 Å². The Bertz CT molecular complexity index is 1500. The maximum atomic E-state index is 13.7. The van der Waals surface area contributed by atoms with Gasteiger partial charge in [-0.15, -0.1) is 0 Å². The Kier molecular flexibility index (Phi) is 7.66. The van der Waals surface area contributed by atoms with E-state index in [9.17, 15) is 9.59 Å². The van der Waals surface area contributed by atoms with Crippen LogP contribution in [0.5, 0.6) is 11.5 Å². The number of carbonyl (C=O) groups excluding carboxylic acids is 1. The number of benzene rings is 2. The molecule has 0 N–H and O–H groups in total. The Morgan fingerprint density at radius 2 is 1.92 bits per heavy atom. The summed E-state index contributed by atoms with van der Waals surface area (Å²) in [5.74, 6) is 0.701. The van der Waals surface area contributed by atoms with Crippen LogP contribution in [0, 0.1) is 0 Å². The number of halogens is 1. The van der Waals surface area contributed by atoms with Crippen LogP contribution >= 0.6 is 22.9 Å². The van der Waals surface area contributed by atoms with Gasteiger partial charge >= 0.3 is 5.97 Å². The average Bonchev–Trinajstić information content (AvgIpc) is 3.13. The molecule has 0 fully saturated rings. The Hall–Kier alpha value is -3.36. The minimum absolute atomic E-state index is 0.00172. The number of allylic oxidation sites excluding steroid dienone is 1. The van der Waals surface area contributed by atoms with E-state index in [0.29, 0.717) is 37.1 Å². The van der Waals surface area contributed by atoms with E-state index in [-0.39, 0.29) is 18.3 Å². The van der Waals surface area contributed by atoms with E-state index in [2.05, 4.69) is 4.99 Å². The van der Waals surface area contributed by atoms with Crippen LogP contribution in [0.15, 0.2) is 63.5 Å². The molecule has 188 valence electrons. The zero-order valence-corrected chi connectivity index (χ0v) is 22.3. The van der Waals surface area contributed by atoms with Gasteiger partial charge in [0.2, 0.25) is 0 Å². The van der Waals surface area contributed by atoms with Gasteiger partial charge < -0.3 is 14.2 Å². The molecule has 0 saturated heterocycles. The lowest BCUT2D eigenvalue weighted by atomic mass is 9.96. The number of methoxy groups -OCH3 is 1. The summed E-state index contributed by atoms with van der Waals surface area (Å²) < 4.78 is 18.6.